The number of phosphoric ester groups is 1. The Morgan fingerprint density at radius 3 is 0.870 bits per heavy atom. The van der Waals surface area contributed by atoms with Crippen LogP contribution >= 0.6 is 7.82 Å². The molecule has 0 aromatic heterocycles. The van der Waals surface area contributed by atoms with Crippen molar-refractivity contribution in [3.05, 3.63) is 158 Å². The number of hydrogen-bond donors (Lipinski definition) is 1. The van der Waals surface area contributed by atoms with Crippen molar-refractivity contribution in [1.29, 1.82) is 0 Å². The number of ether oxygens (including phenoxy) is 2. The number of unbranched alkanes of at least 4 members (excludes halogenated alkanes) is 27. The molecule has 2 unspecified atom stereocenters. The number of carbonyl (C=O) groups is 2. The van der Waals surface area contributed by atoms with Crippen LogP contribution in [-0.2, 0) is 32.7 Å². The number of allylic oxidation sites excluding steroid dienone is 26. The van der Waals surface area contributed by atoms with Gasteiger partial charge in [-0.05, 0) is 122 Å². The molecule has 10 heteroatoms. The van der Waals surface area contributed by atoms with Gasteiger partial charge in [-0.2, -0.15) is 0 Å². The van der Waals surface area contributed by atoms with Gasteiger partial charge in [-0.1, -0.05) is 320 Å². The van der Waals surface area contributed by atoms with E-state index in [2.05, 4.69) is 172 Å². The second-order valence-electron chi connectivity index (χ2n) is 25.6. The van der Waals surface area contributed by atoms with Gasteiger partial charge in [0.05, 0.1) is 27.7 Å². The van der Waals surface area contributed by atoms with Crippen LogP contribution in [0.15, 0.2) is 158 Å². The molecule has 2 atom stereocenters. The highest BCUT2D eigenvalue weighted by molar-refractivity contribution is 7.47. The lowest BCUT2D eigenvalue weighted by atomic mass is 10.0. The summed E-state index contributed by atoms with van der Waals surface area (Å²) in [5.74, 6) is -0.806. The van der Waals surface area contributed by atoms with Crippen LogP contribution in [0.4, 0.5) is 0 Å². The molecule has 524 valence electrons. The summed E-state index contributed by atoms with van der Waals surface area (Å²) in [6.07, 6.45) is 106. The highest BCUT2D eigenvalue weighted by Crippen LogP contribution is 2.43. The highest BCUT2D eigenvalue weighted by atomic mass is 31.2. The van der Waals surface area contributed by atoms with Gasteiger partial charge in [0, 0.05) is 12.8 Å². The van der Waals surface area contributed by atoms with Crippen LogP contribution in [0.1, 0.15) is 296 Å². The third kappa shape index (κ3) is 74.7. The van der Waals surface area contributed by atoms with Gasteiger partial charge in [0.25, 0.3) is 0 Å². The van der Waals surface area contributed by atoms with Crippen LogP contribution in [0, 0.1) is 0 Å². The Labute approximate surface area is 566 Å². The van der Waals surface area contributed by atoms with Crippen molar-refractivity contribution in [2.75, 3.05) is 47.5 Å². The lowest BCUT2D eigenvalue weighted by molar-refractivity contribution is -0.870. The van der Waals surface area contributed by atoms with E-state index in [9.17, 15) is 19.0 Å². The Morgan fingerprint density at radius 1 is 0.337 bits per heavy atom. The largest absolute Gasteiger partial charge is 0.472 e. The van der Waals surface area contributed by atoms with E-state index < -0.39 is 26.5 Å². The smallest absolute Gasteiger partial charge is 0.462 e. The van der Waals surface area contributed by atoms with Crippen molar-refractivity contribution in [1.82, 2.24) is 0 Å². The first-order valence-electron chi connectivity index (χ1n) is 37.2. The molecule has 0 saturated heterocycles. The minimum Gasteiger partial charge on any atom is -0.462 e. The van der Waals surface area contributed by atoms with E-state index in [4.69, 9.17) is 18.5 Å². The third-order valence-electron chi connectivity index (χ3n) is 15.6. The van der Waals surface area contributed by atoms with Crippen molar-refractivity contribution < 1.29 is 42.1 Å². The van der Waals surface area contributed by atoms with Crippen molar-refractivity contribution in [2.45, 2.75) is 302 Å². The number of nitrogens with zero attached hydrogens (tertiary/aromatic N) is 1. The van der Waals surface area contributed by atoms with Gasteiger partial charge in [0.2, 0.25) is 0 Å². The SMILES string of the molecule is CC/C=C\C/C=C\C/C=C\C/C=C\C/C=C\C/C=C\C/C=C\CCCCCCCCCCCCCCCCCCCCCC(=O)OC(COC(=O)CCCCCCCCCC/C=C\C/C=C\C/C=C\C/C=C\C/C=C\C/C=C\CC)COP(=O)(O)OCC[N+](C)(C)C. The molecule has 0 aliphatic carbocycles. The fraction of sp³-hybridized carbons (Fsp3) is 0.659. The minimum atomic E-state index is -4.40. The second kappa shape index (κ2) is 70.9. The molecular weight excluding hydrogens is 1160 g/mol. The van der Waals surface area contributed by atoms with Gasteiger partial charge in [-0.3, -0.25) is 18.6 Å². The third-order valence-corrected chi connectivity index (χ3v) is 16.5. The second-order valence-corrected chi connectivity index (χ2v) is 27.0. The van der Waals surface area contributed by atoms with Gasteiger partial charge in [0.1, 0.15) is 19.8 Å². The van der Waals surface area contributed by atoms with Gasteiger partial charge in [-0.15, -0.1) is 0 Å². The fourth-order valence-electron chi connectivity index (χ4n) is 9.94. The lowest BCUT2D eigenvalue weighted by Gasteiger charge is -2.24. The average molecular weight is 1300 g/mol. The van der Waals surface area contributed by atoms with Crippen LogP contribution in [0.2, 0.25) is 0 Å². The quantitative estimate of drug-likeness (QED) is 0.0211. The Balaban J connectivity index is 4.02. The number of phosphoric acid groups is 1. The molecule has 0 saturated carbocycles. The zero-order valence-corrected chi connectivity index (χ0v) is 60.6. The average Bonchev–Trinajstić information content (AvgIpc) is 2.23. The van der Waals surface area contributed by atoms with E-state index in [1.165, 1.54) is 128 Å². The molecule has 0 bridgehead atoms. The lowest BCUT2D eigenvalue weighted by Crippen LogP contribution is -2.37. The number of hydrogen-bond acceptors (Lipinski definition) is 7. The molecule has 0 radical (unpaired) electrons. The molecule has 0 aliphatic heterocycles. The number of rotatable bonds is 67. The summed E-state index contributed by atoms with van der Waals surface area (Å²) < 4.78 is 34.8. The zero-order valence-electron chi connectivity index (χ0n) is 59.7. The summed E-state index contributed by atoms with van der Waals surface area (Å²) in [5, 5.41) is 0. The Morgan fingerprint density at radius 2 is 0.587 bits per heavy atom. The molecule has 0 rings (SSSR count). The Bertz CT molecular complexity index is 2110. The summed E-state index contributed by atoms with van der Waals surface area (Å²) in [6, 6.07) is 0. The van der Waals surface area contributed by atoms with Crippen molar-refractivity contribution in [3.63, 3.8) is 0 Å². The van der Waals surface area contributed by atoms with Gasteiger partial charge >= 0.3 is 19.8 Å². The molecule has 0 spiro atoms. The predicted molar refractivity (Wildman–Crippen MR) is 399 cm³/mol. The summed E-state index contributed by atoms with van der Waals surface area (Å²) in [4.78, 5) is 35.9. The number of likely N-dealkylation sites (N-methyl/N-ethyl adjacent to an activating group) is 1. The zero-order chi connectivity index (χ0) is 66.9. The molecule has 0 aromatic carbocycles. The molecular formula is C82H139NO8P+. The van der Waals surface area contributed by atoms with Crippen LogP contribution in [0.25, 0.3) is 0 Å². The molecule has 92 heavy (non-hydrogen) atoms. The van der Waals surface area contributed by atoms with Gasteiger partial charge in [-0.25, -0.2) is 4.57 Å². The highest BCUT2D eigenvalue weighted by Gasteiger charge is 2.27. The van der Waals surface area contributed by atoms with E-state index in [0.717, 1.165) is 135 Å². The fourth-order valence-corrected chi connectivity index (χ4v) is 10.7. The monoisotopic (exact) mass is 1300 g/mol. The summed E-state index contributed by atoms with van der Waals surface area (Å²) in [6.45, 7) is 4.20. The van der Waals surface area contributed by atoms with E-state index in [0.29, 0.717) is 17.4 Å². The topological polar surface area (TPSA) is 108 Å². The normalized spacial score (nSPS) is 14.0. The van der Waals surface area contributed by atoms with Crippen LogP contribution in [0.5, 0.6) is 0 Å². The number of carbonyl (C=O) groups excluding carboxylic acids is 2. The van der Waals surface area contributed by atoms with Crippen LogP contribution in [0.3, 0.4) is 0 Å². The van der Waals surface area contributed by atoms with Crippen molar-refractivity contribution in [3.8, 4) is 0 Å². The first-order chi connectivity index (χ1) is 45.0. The standard InChI is InChI=1S/C82H138NO8P/c1-6-8-10-12-14-16-18-20-22-24-26-28-30-32-34-35-36-37-38-39-40-41-42-43-44-45-46-47-49-51-53-55-57-59-61-63-65-67-69-71-73-75-82(85)91-80(79-90-92(86,87)89-77-76-83(3,4)5)78-88-81(84)74-72-70-68-66-64-62-60-58-56-54-52-50-48-33-31-29-27-25-23-21-19-17-15-13-11-9-7-2/h8-11,14-17,20-23,26-29,32-34,36-37,39-40,48,52,54,80H,6-7,12-13,18-19,24-25,30-31,35,38,41-47,49-51,53,55-79H2,1-5H3/p+1/b10-8-,11-9-,16-14-,17-15-,22-20-,23-21-,28-26-,29-27-,34-32-,37-36-,40-39-,48-33-,54-52-. The van der Waals surface area contributed by atoms with Crippen molar-refractivity contribution in [2.24, 2.45) is 0 Å². The summed E-state index contributed by atoms with van der Waals surface area (Å²) in [7, 11) is 1.46. The summed E-state index contributed by atoms with van der Waals surface area (Å²) >= 11 is 0. The van der Waals surface area contributed by atoms with Crippen LogP contribution < -0.4 is 0 Å². The molecule has 0 aromatic rings. The van der Waals surface area contributed by atoms with Crippen molar-refractivity contribution >= 4 is 19.8 Å². The number of esters is 2. The maximum atomic E-state index is 12.9. The van der Waals surface area contributed by atoms with E-state index >= 15 is 0 Å². The predicted octanol–water partition coefficient (Wildman–Crippen LogP) is 24.7. The molecule has 9 nitrogen and oxygen atoms in total. The van der Waals surface area contributed by atoms with E-state index in [1.807, 2.05) is 21.1 Å². The molecule has 0 heterocycles. The molecule has 0 aliphatic rings. The van der Waals surface area contributed by atoms with Gasteiger partial charge < -0.3 is 18.9 Å². The Kier molecular flexibility index (Phi) is 67.6. The first kappa shape index (κ1) is 87.6. The molecule has 1 N–H and O–H groups in total. The molecule has 0 amide bonds. The van der Waals surface area contributed by atoms with Crippen LogP contribution in [-0.4, -0.2) is 74.9 Å². The maximum absolute atomic E-state index is 12.9. The minimum absolute atomic E-state index is 0.0245. The number of quaternary nitrogens is 1. The van der Waals surface area contributed by atoms with Gasteiger partial charge in [0.15, 0.2) is 6.10 Å². The van der Waals surface area contributed by atoms with E-state index in [-0.39, 0.29) is 32.0 Å². The first-order valence-corrected chi connectivity index (χ1v) is 38.7. The maximum Gasteiger partial charge on any atom is 0.472 e. The molecule has 0 fully saturated rings. The Hall–Kier alpha value is -4.37. The van der Waals surface area contributed by atoms with E-state index in [1.54, 1.807) is 0 Å². The summed E-state index contributed by atoms with van der Waals surface area (Å²) in [5.41, 5.74) is 0.